The molecule has 0 aromatic heterocycles. The lowest BCUT2D eigenvalue weighted by Crippen LogP contribution is -2.70. The number of ketones is 2. The molecule has 210 valence electrons. The number of Topliss-reactive ketones (excluding diaryl/α,β-unsaturated/α-hetero) is 1. The number of nitrogens with zero attached hydrogens (tertiary/aromatic N) is 2. The largest absolute Gasteiger partial charge is 0.295 e. The number of fused-ring (bicyclic) bond motifs is 7. The van der Waals surface area contributed by atoms with Crippen LogP contribution in [0.5, 0.6) is 0 Å². The molecule has 4 fully saturated rings. The summed E-state index contributed by atoms with van der Waals surface area (Å²) in [6, 6.07) is 2.20. The predicted octanol–water partition coefficient (Wildman–Crippen LogP) is 5.70. The molecule has 1 amide bonds. The van der Waals surface area contributed by atoms with Gasteiger partial charge < -0.3 is 0 Å². The third-order valence-corrected chi connectivity index (χ3v) is 13.2. The van der Waals surface area contributed by atoms with Crippen LogP contribution in [0.3, 0.4) is 0 Å². The fourth-order valence-electron chi connectivity index (χ4n) is 10.9. The van der Waals surface area contributed by atoms with Gasteiger partial charge in [0.2, 0.25) is 5.91 Å². The molecule has 7 atom stereocenters. The van der Waals surface area contributed by atoms with Crippen LogP contribution in [0.15, 0.2) is 23.3 Å². The van der Waals surface area contributed by atoms with E-state index in [0.29, 0.717) is 6.42 Å². The second kappa shape index (κ2) is 7.93. The molecule has 6 nitrogen and oxygen atoms in total. The average Bonchev–Trinajstić information content (AvgIpc) is 3.29. The minimum absolute atomic E-state index is 0.0537. The van der Waals surface area contributed by atoms with E-state index in [1.165, 1.54) is 0 Å². The molecule has 0 bridgehead atoms. The van der Waals surface area contributed by atoms with E-state index in [9.17, 15) is 19.6 Å². The van der Waals surface area contributed by atoms with E-state index in [0.717, 1.165) is 57.1 Å². The maximum atomic E-state index is 14.6. The Bertz CT molecular complexity index is 1290. The summed E-state index contributed by atoms with van der Waals surface area (Å²) in [5.74, 6) is 0.341. The Morgan fingerprint density at radius 3 is 2.31 bits per heavy atom. The molecule has 1 N–H and O–H groups in total. The van der Waals surface area contributed by atoms with Gasteiger partial charge in [-0.25, -0.2) is 5.01 Å². The summed E-state index contributed by atoms with van der Waals surface area (Å²) in [5, 5.41) is 12.2. The maximum Gasteiger partial charge on any atom is 0.235 e. The number of hydrazine groups is 1. The van der Waals surface area contributed by atoms with Crippen molar-refractivity contribution in [2.45, 2.75) is 105 Å². The monoisotopic (exact) mass is 531 g/mol. The molecule has 6 aliphatic rings. The Labute approximate surface area is 233 Å². The first-order valence-electron chi connectivity index (χ1n) is 15.1. The van der Waals surface area contributed by atoms with Gasteiger partial charge in [0.15, 0.2) is 11.6 Å². The van der Waals surface area contributed by atoms with Crippen molar-refractivity contribution in [1.29, 1.82) is 5.26 Å². The average molecular weight is 532 g/mol. The summed E-state index contributed by atoms with van der Waals surface area (Å²) >= 11 is 0. The van der Waals surface area contributed by atoms with Crippen LogP contribution in [0, 0.1) is 56.2 Å². The highest BCUT2D eigenvalue weighted by Crippen LogP contribution is 2.73. The zero-order valence-corrected chi connectivity index (χ0v) is 24.9. The lowest BCUT2D eigenvalue weighted by atomic mass is 9.35. The van der Waals surface area contributed by atoms with E-state index in [2.05, 4.69) is 51.1 Å². The summed E-state index contributed by atoms with van der Waals surface area (Å²) < 4.78 is 0. The second-order valence-corrected chi connectivity index (χ2v) is 15.8. The molecule has 39 heavy (non-hydrogen) atoms. The first kappa shape index (κ1) is 26.9. The van der Waals surface area contributed by atoms with Gasteiger partial charge in [-0.1, -0.05) is 60.1 Å². The molecule has 1 aliphatic heterocycles. The molecule has 6 rings (SSSR count). The van der Waals surface area contributed by atoms with Crippen molar-refractivity contribution < 1.29 is 14.4 Å². The first-order valence-corrected chi connectivity index (χ1v) is 15.1. The lowest BCUT2D eigenvalue weighted by molar-refractivity contribution is -0.181. The predicted molar refractivity (Wildman–Crippen MR) is 149 cm³/mol. The van der Waals surface area contributed by atoms with Gasteiger partial charge in [-0.3, -0.25) is 19.8 Å². The third-order valence-electron chi connectivity index (χ3n) is 13.2. The molecule has 6 heteroatoms. The van der Waals surface area contributed by atoms with Crippen LogP contribution >= 0.6 is 0 Å². The van der Waals surface area contributed by atoms with Gasteiger partial charge in [-0.2, -0.15) is 5.26 Å². The van der Waals surface area contributed by atoms with Gasteiger partial charge >= 0.3 is 0 Å². The molecule has 0 aromatic rings. The number of allylic oxidation sites excluding steroid dienone is 4. The van der Waals surface area contributed by atoms with Crippen molar-refractivity contribution >= 4 is 17.5 Å². The maximum absolute atomic E-state index is 14.6. The van der Waals surface area contributed by atoms with Gasteiger partial charge in [0, 0.05) is 35.3 Å². The van der Waals surface area contributed by atoms with Gasteiger partial charge in [-0.15, -0.1) is 0 Å². The van der Waals surface area contributed by atoms with Crippen molar-refractivity contribution in [2.24, 2.45) is 44.8 Å². The highest BCUT2D eigenvalue weighted by Gasteiger charge is 2.70. The SMILES string of the molecule is CC1(C)CC[C@]2(N3CCC(=O)N3)CC[C@]3(C)[C@H](C(=O)C=C4[C@@]5(C)C=C(C#N)C(=O)C(C)(C)[C@@H]5CC[C@]43C)[C@@H]2C1. The molecule has 0 radical (unpaired) electrons. The number of amides is 1. The van der Waals surface area contributed by atoms with Gasteiger partial charge in [0.1, 0.15) is 6.07 Å². The Hall–Kier alpha value is -2.26. The molecule has 1 saturated heterocycles. The topological polar surface area (TPSA) is 90.3 Å². The van der Waals surface area contributed by atoms with E-state index in [1.807, 2.05) is 26.0 Å². The zero-order chi connectivity index (χ0) is 28.4. The number of carbonyl (C=O) groups is 3. The van der Waals surface area contributed by atoms with Crippen LogP contribution in [-0.4, -0.2) is 34.6 Å². The lowest BCUT2D eigenvalue weighted by Gasteiger charge is -2.70. The molecule has 5 aliphatic carbocycles. The molecule has 0 unspecified atom stereocenters. The minimum Gasteiger partial charge on any atom is -0.295 e. The van der Waals surface area contributed by atoms with E-state index in [-0.39, 0.29) is 62.6 Å². The van der Waals surface area contributed by atoms with Crippen molar-refractivity contribution in [1.82, 2.24) is 10.4 Å². The summed E-state index contributed by atoms with van der Waals surface area (Å²) in [6.45, 7) is 16.3. The Balaban J connectivity index is 1.51. The van der Waals surface area contributed by atoms with E-state index in [1.54, 1.807) is 0 Å². The summed E-state index contributed by atoms with van der Waals surface area (Å²) in [6.07, 6.45) is 11.2. The van der Waals surface area contributed by atoms with Crippen molar-refractivity contribution in [3.8, 4) is 6.07 Å². The van der Waals surface area contributed by atoms with Crippen LogP contribution in [-0.2, 0) is 14.4 Å². The van der Waals surface area contributed by atoms with Crippen molar-refractivity contribution in [3.63, 3.8) is 0 Å². The van der Waals surface area contributed by atoms with Crippen LogP contribution in [0.25, 0.3) is 0 Å². The number of nitriles is 1. The van der Waals surface area contributed by atoms with Crippen LogP contribution in [0.2, 0.25) is 0 Å². The number of rotatable bonds is 1. The van der Waals surface area contributed by atoms with Crippen molar-refractivity contribution in [2.75, 3.05) is 6.54 Å². The number of nitrogens with one attached hydrogen (secondary N) is 1. The molecule has 0 spiro atoms. The fraction of sp³-hybridized carbons (Fsp3) is 0.758. The van der Waals surface area contributed by atoms with Gasteiger partial charge in [-0.05, 0) is 79.1 Å². The van der Waals surface area contributed by atoms with Crippen LogP contribution in [0.4, 0.5) is 0 Å². The van der Waals surface area contributed by atoms with Crippen LogP contribution in [0.1, 0.15) is 99.8 Å². The summed E-state index contributed by atoms with van der Waals surface area (Å²) in [5.41, 5.74) is 2.92. The first-order chi connectivity index (χ1) is 18.1. The Kier molecular flexibility index (Phi) is 5.48. The van der Waals surface area contributed by atoms with Crippen LogP contribution < -0.4 is 5.43 Å². The summed E-state index contributed by atoms with van der Waals surface area (Å²) in [7, 11) is 0. The zero-order valence-electron chi connectivity index (χ0n) is 24.9. The van der Waals surface area contributed by atoms with Crippen molar-refractivity contribution in [3.05, 3.63) is 23.3 Å². The Morgan fingerprint density at radius 2 is 1.67 bits per heavy atom. The Morgan fingerprint density at radius 1 is 0.974 bits per heavy atom. The van der Waals surface area contributed by atoms with Gasteiger partial charge in [0.25, 0.3) is 0 Å². The van der Waals surface area contributed by atoms with E-state index in [4.69, 9.17) is 0 Å². The standard InChI is InChI=1S/C33H45N3O3/c1-28(2)11-13-33(36-15-9-25(38)35-36)14-12-32(7)26(21(33)18-28)22(37)16-24-30(5)17-20(19-34)27(39)29(3,4)23(30)8-10-31(24,32)6/h16-17,21,23,26H,8-15,18H2,1-7H3,(H,35,38)/t21-,23-,26-,30-,31+,32+,33-/m0/s1. The van der Waals surface area contributed by atoms with Gasteiger partial charge in [0.05, 0.1) is 5.57 Å². The minimum atomic E-state index is -0.652. The molecule has 1 heterocycles. The number of carbonyl (C=O) groups excluding carboxylic acids is 3. The molecular formula is C33H45N3O3. The molecule has 3 saturated carbocycles. The van der Waals surface area contributed by atoms with E-state index >= 15 is 0 Å². The van der Waals surface area contributed by atoms with E-state index < -0.39 is 10.8 Å². The highest BCUT2D eigenvalue weighted by atomic mass is 16.2. The third kappa shape index (κ3) is 3.26. The second-order valence-electron chi connectivity index (χ2n) is 15.8. The smallest absolute Gasteiger partial charge is 0.235 e. The quantitative estimate of drug-likeness (QED) is 0.469. The fourth-order valence-corrected chi connectivity index (χ4v) is 10.9. The normalized spacial score (nSPS) is 46.5. The molecule has 0 aromatic carbocycles. The number of hydrogen-bond acceptors (Lipinski definition) is 5. The summed E-state index contributed by atoms with van der Waals surface area (Å²) in [4.78, 5) is 40.2. The number of hydrogen-bond donors (Lipinski definition) is 1. The molecular weight excluding hydrogens is 486 g/mol. The highest BCUT2D eigenvalue weighted by molar-refractivity contribution is 6.04.